The number of nitrogens with one attached hydrogen (secondary N) is 1. The minimum Gasteiger partial charge on any atom is -0.471 e. The molecule has 0 aliphatic carbocycles. The maximum Gasteiger partial charge on any atom is 0.414 e. The number of anilines is 1. The van der Waals surface area contributed by atoms with E-state index >= 15 is 0 Å². The van der Waals surface area contributed by atoms with Gasteiger partial charge in [-0.1, -0.05) is 6.08 Å². The predicted octanol–water partition coefficient (Wildman–Crippen LogP) is 1.33. The number of cyclic esters (lactones) is 1. The van der Waals surface area contributed by atoms with Crippen LogP contribution in [0.1, 0.15) is 18.4 Å². The van der Waals surface area contributed by atoms with Crippen LogP contribution in [0.25, 0.3) is 5.57 Å². The summed E-state index contributed by atoms with van der Waals surface area (Å²) in [4.78, 5) is 38.9. The minimum atomic E-state index is -1.41. The van der Waals surface area contributed by atoms with E-state index in [1.54, 1.807) is 18.2 Å². The van der Waals surface area contributed by atoms with Gasteiger partial charge in [-0.25, -0.2) is 9.18 Å². The van der Waals surface area contributed by atoms with E-state index in [0.717, 1.165) is 5.57 Å². The number of aliphatic hydroxyl groups is 1. The average Bonchev–Trinajstić information content (AvgIpc) is 3.51. The fraction of sp³-hybridized carbons (Fsp3) is 0.391. The summed E-state index contributed by atoms with van der Waals surface area (Å²) < 4.78 is 30.3. The van der Waals surface area contributed by atoms with Crippen LogP contribution in [0.4, 0.5) is 14.9 Å². The molecular formula is C23H25FN4O7. The smallest absolute Gasteiger partial charge is 0.414 e. The second-order valence-electron chi connectivity index (χ2n) is 8.08. The van der Waals surface area contributed by atoms with Crippen LogP contribution in [-0.2, 0) is 14.3 Å². The molecule has 0 unspecified atom stereocenters. The Kier molecular flexibility index (Phi) is 7.30. The first-order chi connectivity index (χ1) is 16.9. The summed E-state index contributed by atoms with van der Waals surface area (Å²) in [7, 11) is 1.38. The Morgan fingerprint density at radius 2 is 2.20 bits per heavy atom. The van der Waals surface area contributed by atoms with Gasteiger partial charge in [0, 0.05) is 31.8 Å². The van der Waals surface area contributed by atoms with Crippen molar-refractivity contribution < 1.29 is 37.9 Å². The van der Waals surface area contributed by atoms with Gasteiger partial charge < -0.3 is 29.3 Å². The highest BCUT2D eigenvalue weighted by molar-refractivity contribution is 5.90. The van der Waals surface area contributed by atoms with Crippen molar-refractivity contribution in [3.05, 3.63) is 48.0 Å². The zero-order chi connectivity index (χ0) is 24.9. The van der Waals surface area contributed by atoms with E-state index in [0.29, 0.717) is 24.2 Å². The van der Waals surface area contributed by atoms with Crippen molar-refractivity contribution in [3.63, 3.8) is 0 Å². The van der Waals surface area contributed by atoms with Crippen molar-refractivity contribution in [2.24, 2.45) is 0 Å². The molecule has 2 N–H and O–H groups in total. The standard InChI is InChI=1S/C23H25FN4O7/c1-25-22(31)19(29)11-21(30)27-7-4-14(5-8-27)17-3-2-15(10-18(17)24)28-12-16(35-23(28)32)13-33-20-6-9-34-26-20/h2-4,6,9-10,16,19,29H,5,7-8,11-13H2,1H3,(H,25,31)/t16-,19+/m1/s1. The summed E-state index contributed by atoms with van der Waals surface area (Å²) in [5.74, 6) is -1.21. The van der Waals surface area contributed by atoms with Crippen LogP contribution in [-0.4, -0.2) is 78.6 Å². The highest BCUT2D eigenvalue weighted by Crippen LogP contribution is 2.30. The number of nitrogens with zero attached hydrogens (tertiary/aromatic N) is 3. The molecule has 2 atom stereocenters. The van der Waals surface area contributed by atoms with Crippen LogP contribution in [0, 0.1) is 5.82 Å². The lowest BCUT2D eigenvalue weighted by Crippen LogP contribution is -2.40. The van der Waals surface area contributed by atoms with Crippen LogP contribution in [0.2, 0.25) is 0 Å². The van der Waals surface area contributed by atoms with Gasteiger partial charge in [-0.05, 0) is 35.3 Å². The van der Waals surface area contributed by atoms with Gasteiger partial charge in [-0.2, -0.15) is 0 Å². The summed E-state index contributed by atoms with van der Waals surface area (Å²) in [6, 6.07) is 6.04. The molecule has 35 heavy (non-hydrogen) atoms. The van der Waals surface area contributed by atoms with Crippen molar-refractivity contribution in [1.82, 2.24) is 15.4 Å². The Balaban J connectivity index is 1.35. The molecule has 0 saturated carbocycles. The second-order valence-corrected chi connectivity index (χ2v) is 8.08. The Labute approximate surface area is 200 Å². The molecular weight excluding hydrogens is 463 g/mol. The molecule has 3 amide bonds. The van der Waals surface area contributed by atoms with Crippen molar-refractivity contribution in [1.29, 1.82) is 0 Å². The lowest BCUT2D eigenvalue weighted by molar-refractivity contribution is -0.139. The molecule has 12 heteroatoms. The minimum absolute atomic E-state index is 0.0809. The van der Waals surface area contributed by atoms with Gasteiger partial charge in [0.2, 0.25) is 11.8 Å². The first-order valence-electron chi connectivity index (χ1n) is 11.0. The number of carbonyl (C=O) groups is 3. The number of carbonyl (C=O) groups excluding carboxylic acids is 3. The van der Waals surface area contributed by atoms with E-state index in [4.69, 9.17) is 9.47 Å². The third kappa shape index (κ3) is 5.60. The molecule has 2 aliphatic rings. The molecule has 0 spiro atoms. The number of benzene rings is 1. The quantitative estimate of drug-likeness (QED) is 0.568. The molecule has 1 saturated heterocycles. The third-order valence-corrected chi connectivity index (χ3v) is 5.79. The van der Waals surface area contributed by atoms with Crippen LogP contribution < -0.4 is 15.0 Å². The molecule has 1 aromatic carbocycles. The van der Waals surface area contributed by atoms with Gasteiger partial charge in [-0.15, -0.1) is 0 Å². The number of hydrogen-bond donors (Lipinski definition) is 2. The van der Waals surface area contributed by atoms with Gasteiger partial charge in [0.25, 0.3) is 5.88 Å². The topological polar surface area (TPSA) is 134 Å². The summed E-state index contributed by atoms with van der Waals surface area (Å²) in [6.45, 7) is 0.841. The summed E-state index contributed by atoms with van der Waals surface area (Å²) >= 11 is 0. The normalized spacial score (nSPS) is 18.7. The molecule has 3 heterocycles. The highest BCUT2D eigenvalue weighted by Gasteiger charge is 2.33. The van der Waals surface area contributed by atoms with Gasteiger partial charge in [0.15, 0.2) is 6.10 Å². The number of amides is 3. The number of aliphatic hydroxyl groups excluding tert-OH is 1. The lowest BCUT2D eigenvalue weighted by atomic mass is 9.98. The monoisotopic (exact) mass is 488 g/mol. The first kappa shape index (κ1) is 24.2. The van der Waals surface area contributed by atoms with Gasteiger partial charge in [0.05, 0.1) is 18.7 Å². The number of ether oxygens (including phenoxy) is 2. The Morgan fingerprint density at radius 3 is 2.86 bits per heavy atom. The van der Waals surface area contributed by atoms with Crippen LogP contribution in [0.15, 0.2) is 41.1 Å². The summed E-state index contributed by atoms with van der Waals surface area (Å²) in [6.07, 6.45) is 0.639. The zero-order valence-corrected chi connectivity index (χ0v) is 19.0. The van der Waals surface area contributed by atoms with Gasteiger partial charge in [0.1, 0.15) is 24.8 Å². The molecule has 0 bridgehead atoms. The van der Waals surface area contributed by atoms with E-state index in [2.05, 4.69) is 15.0 Å². The molecule has 1 fully saturated rings. The number of hydrogen-bond acceptors (Lipinski definition) is 8. The summed E-state index contributed by atoms with van der Waals surface area (Å²) in [5, 5.41) is 15.6. The van der Waals surface area contributed by atoms with Crippen molar-refractivity contribution in [3.8, 4) is 5.88 Å². The maximum atomic E-state index is 15.0. The molecule has 2 aromatic rings. The lowest BCUT2D eigenvalue weighted by Gasteiger charge is -2.27. The highest BCUT2D eigenvalue weighted by atomic mass is 19.1. The van der Waals surface area contributed by atoms with Crippen molar-refractivity contribution in [2.45, 2.75) is 25.0 Å². The predicted molar refractivity (Wildman–Crippen MR) is 120 cm³/mol. The molecule has 1 aromatic heterocycles. The fourth-order valence-corrected chi connectivity index (χ4v) is 3.90. The first-order valence-corrected chi connectivity index (χ1v) is 11.0. The number of rotatable bonds is 8. The molecule has 186 valence electrons. The van der Waals surface area contributed by atoms with E-state index in [9.17, 15) is 23.9 Å². The molecule has 4 rings (SSSR count). The Bertz CT molecular complexity index is 1120. The van der Waals surface area contributed by atoms with Crippen LogP contribution in [0.5, 0.6) is 5.88 Å². The number of aromatic nitrogens is 1. The fourth-order valence-electron chi connectivity index (χ4n) is 3.90. The number of halogens is 1. The van der Waals surface area contributed by atoms with E-state index in [1.165, 1.54) is 35.2 Å². The van der Waals surface area contributed by atoms with E-state index in [-0.39, 0.29) is 37.9 Å². The van der Waals surface area contributed by atoms with Crippen LogP contribution in [0.3, 0.4) is 0 Å². The zero-order valence-electron chi connectivity index (χ0n) is 19.0. The molecule has 2 aliphatic heterocycles. The maximum absolute atomic E-state index is 15.0. The third-order valence-electron chi connectivity index (χ3n) is 5.79. The second kappa shape index (κ2) is 10.6. The van der Waals surface area contributed by atoms with Gasteiger partial charge in [-0.3, -0.25) is 14.5 Å². The summed E-state index contributed by atoms with van der Waals surface area (Å²) in [5.41, 5.74) is 1.47. The average molecular weight is 488 g/mol. The van der Waals surface area contributed by atoms with E-state index in [1.807, 2.05) is 0 Å². The Hall–Kier alpha value is -3.93. The van der Waals surface area contributed by atoms with Crippen LogP contribution >= 0.6 is 0 Å². The SMILES string of the molecule is CNC(=O)[C@@H](O)CC(=O)N1CC=C(c2ccc(N3C[C@H](COc4ccon4)OC3=O)cc2F)CC1. The van der Waals surface area contributed by atoms with E-state index < -0.39 is 30.0 Å². The van der Waals surface area contributed by atoms with Crippen molar-refractivity contribution >= 4 is 29.2 Å². The Morgan fingerprint density at radius 1 is 1.37 bits per heavy atom. The molecule has 11 nitrogen and oxygen atoms in total. The number of likely N-dealkylation sites (N-methyl/N-ethyl adjacent to an activating group) is 1. The van der Waals surface area contributed by atoms with Crippen molar-refractivity contribution in [2.75, 3.05) is 38.2 Å². The van der Waals surface area contributed by atoms with Gasteiger partial charge >= 0.3 is 6.09 Å². The largest absolute Gasteiger partial charge is 0.471 e. The molecule has 0 radical (unpaired) electrons.